The average molecular weight is 307 g/mol. The van der Waals surface area contributed by atoms with Gasteiger partial charge in [0, 0.05) is 15.5 Å². The van der Waals surface area contributed by atoms with Crippen LogP contribution >= 0.6 is 31.9 Å². The lowest BCUT2D eigenvalue weighted by atomic mass is 10.0. The van der Waals surface area contributed by atoms with E-state index in [2.05, 4.69) is 50.7 Å². The Kier molecular flexibility index (Phi) is 4.39. The van der Waals surface area contributed by atoms with Gasteiger partial charge in [-0.1, -0.05) is 29.8 Å². The molecule has 2 unspecified atom stereocenters. The first-order valence-corrected chi connectivity index (χ1v) is 6.05. The molecule has 0 N–H and O–H groups in total. The van der Waals surface area contributed by atoms with Crippen molar-refractivity contribution in [3.8, 4) is 0 Å². The summed E-state index contributed by atoms with van der Waals surface area (Å²) < 4.78 is 1.11. The van der Waals surface area contributed by atoms with Crippen molar-refractivity contribution in [2.24, 2.45) is 5.92 Å². The van der Waals surface area contributed by atoms with Gasteiger partial charge in [-0.25, -0.2) is 0 Å². The second-order valence-corrected chi connectivity index (χ2v) is 5.59. The maximum atomic E-state index is 4.33. The minimum atomic E-state index is 0.529. The molecule has 0 radical (unpaired) electrons. The minimum Gasteiger partial charge on any atom is -0.260 e. The number of hydrogen-bond donors (Lipinski definition) is 0. The van der Waals surface area contributed by atoms with Gasteiger partial charge in [-0.3, -0.25) is 4.98 Å². The van der Waals surface area contributed by atoms with Gasteiger partial charge in [0.05, 0.1) is 5.69 Å². The average Bonchev–Trinajstić information content (AvgIpc) is 2.08. The molecule has 0 amide bonds. The Labute approximate surface area is 96.2 Å². The zero-order valence-corrected chi connectivity index (χ0v) is 11.0. The van der Waals surface area contributed by atoms with Crippen LogP contribution in [0.3, 0.4) is 0 Å². The molecule has 3 heteroatoms. The first kappa shape index (κ1) is 11.2. The SMILES string of the molecule is CC(Br)C(C)Cc1ncccc1Br. The van der Waals surface area contributed by atoms with E-state index in [1.54, 1.807) is 0 Å². The summed E-state index contributed by atoms with van der Waals surface area (Å²) in [5.41, 5.74) is 1.14. The van der Waals surface area contributed by atoms with Crippen molar-refractivity contribution in [1.82, 2.24) is 4.98 Å². The van der Waals surface area contributed by atoms with E-state index in [0.29, 0.717) is 10.7 Å². The number of pyridine rings is 1. The normalized spacial score (nSPS) is 15.4. The van der Waals surface area contributed by atoms with E-state index in [1.807, 2.05) is 18.3 Å². The number of nitrogens with zero attached hydrogens (tertiary/aromatic N) is 1. The fourth-order valence-electron chi connectivity index (χ4n) is 1.04. The predicted molar refractivity (Wildman–Crippen MR) is 63.2 cm³/mol. The molecule has 1 nitrogen and oxygen atoms in total. The predicted octanol–water partition coefficient (Wildman–Crippen LogP) is 3.81. The highest BCUT2D eigenvalue weighted by atomic mass is 79.9. The second kappa shape index (κ2) is 5.11. The molecule has 1 aromatic heterocycles. The fraction of sp³-hybridized carbons (Fsp3) is 0.500. The van der Waals surface area contributed by atoms with Gasteiger partial charge in [-0.2, -0.15) is 0 Å². The highest BCUT2D eigenvalue weighted by Gasteiger charge is 2.11. The first-order valence-electron chi connectivity index (χ1n) is 4.34. The Balaban J connectivity index is 2.69. The van der Waals surface area contributed by atoms with Gasteiger partial charge in [0.25, 0.3) is 0 Å². The van der Waals surface area contributed by atoms with E-state index in [0.717, 1.165) is 16.6 Å². The molecule has 0 aliphatic rings. The Morgan fingerprint density at radius 2 is 2.15 bits per heavy atom. The number of rotatable bonds is 3. The zero-order valence-electron chi connectivity index (χ0n) is 7.80. The molecule has 0 fully saturated rings. The zero-order chi connectivity index (χ0) is 9.84. The molecule has 0 bridgehead atoms. The topological polar surface area (TPSA) is 12.9 Å². The van der Waals surface area contributed by atoms with Crippen LogP contribution in [-0.4, -0.2) is 9.81 Å². The van der Waals surface area contributed by atoms with Crippen LogP contribution in [0.5, 0.6) is 0 Å². The lowest BCUT2D eigenvalue weighted by molar-refractivity contribution is 0.571. The number of hydrogen-bond acceptors (Lipinski definition) is 1. The van der Waals surface area contributed by atoms with Crippen LogP contribution < -0.4 is 0 Å². The summed E-state index contributed by atoms with van der Waals surface area (Å²) in [6.07, 6.45) is 2.85. The molecule has 1 heterocycles. The first-order chi connectivity index (χ1) is 6.11. The van der Waals surface area contributed by atoms with Crippen molar-refractivity contribution < 1.29 is 0 Å². The molecular weight excluding hydrogens is 294 g/mol. The molecule has 0 spiro atoms. The Bertz CT molecular complexity index is 273. The van der Waals surface area contributed by atoms with Crippen molar-refractivity contribution in [3.05, 3.63) is 28.5 Å². The monoisotopic (exact) mass is 305 g/mol. The Hall–Kier alpha value is 0.110. The van der Waals surface area contributed by atoms with Crippen molar-refractivity contribution in [3.63, 3.8) is 0 Å². The van der Waals surface area contributed by atoms with Crippen LogP contribution in [0.1, 0.15) is 19.5 Å². The number of aromatic nitrogens is 1. The van der Waals surface area contributed by atoms with Crippen LogP contribution in [0.2, 0.25) is 0 Å². The van der Waals surface area contributed by atoms with Crippen LogP contribution in [0.25, 0.3) is 0 Å². The summed E-state index contributed by atoms with van der Waals surface area (Å²) in [5.74, 6) is 0.603. The molecule has 13 heavy (non-hydrogen) atoms. The maximum absolute atomic E-state index is 4.33. The molecule has 1 aromatic rings. The van der Waals surface area contributed by atoms with E-state index in [4.69, 9.17) is 0 Å². The van der Waals surface area contributed by atoms with E-state index in [9.17, 15) is 0 Å². The lowest BCUT2D eigenvalue weighted by Crippen LogP contribution is -2.10. The third kappa shape index (κ3) is 3.39. The molecular formula is C10H13Br2N. The molecule has 0 saturated carbocycles. The number of alkyl halides is 1. The third-order valence-electron chi connectivity index (χ3n) is 2.13. The molecule has 2 atom stereocenters. The van der Waals surface area contributed by atoms with E-state index >= 15 is 0 Å². The third-order valence-corrected chi connectivity index (χ3v) is 3.76. The maximum Gasteiger partial charge on any atom is 0.0548 e. The van der Waals surface area contributed by atoms with Crippen LogP contribution in [0.15, 0.2) is 22.8 Å². The van der Waals surface area contributed by atoms with Gasteiger partial charge >= 0.3 is 0 Å². The van der Waals surface area contributed by atoms with Crippen LogP contribution in [0.4, 0.5) is 0 Å². The quantitative estimate of drug-likeness (QED) is 0.774. The van der Waals surface area contributed by atoms with Crippen molar-refractivity contribution in [2.45, 2.75) is 25.1 Å². The summed E-state index contributed by atoms with van der Waals surface area (Å²) in [7, 11) is 0. The van der Waals surface area contributed by atoms with Crippen LogP contribution in [0, 0.1) is 5.92 Å². The summed E-state index contributed by atoms with van der Waals surface area (Å²) in [5, 5.41) is 0. The van der Waals surface area contributed by atoms with Gasteiger partial charge in [0.15, 0.2) is 0 Å². The molecule has 72 valence electrons. The summed E-state index contributed by atoms with van der Waals surface area (Å²) >= 11 is 7.07. The van der Waals surface area contributed by atoms with Gasteiger partial charge in [0.1, 0.15) is 0 Å². The summed E-state index contributed by atoms with van der Waals surface area (Å²) in [4.78, 5) is 4.86. The van der Waals surface area contributed by atoms with Crippen LogP contribution in [-0.2, 0) is 6.42 Å². The molecule has 1 rings (SSSR count). The van der Waals surface area contributed by atoms with Gasteiger partial charge in [-0.05, 0) is 40.4 Å². The largest absolute Gasteiger partial charge is 0.260 e. The Morgan fingerprint density at radius 3 is 2.69 bits per heavy atom. The highest BCUT2D eigenvalue weighted by molar-refractivity contribution is 9.10. The van der Waals surface area contributed by atoms with E-state index in [1.165, 1.54) is 0 Å². The molecule has 0 aromatic carbocycles. The van der Waals surface area contributed by atoms with Crippen molar-refractivity contribution in [1.29, 1.82) is 0 Å². The molecule has 0 saturated heterocycles. The van der Waals surface area contributed by atoms with Gasteiger partial charge in [0.2, 0.25) is 0 Å². The fourth-order valence-corrected chi connectivity index (χ4v) is 1.64. The van der Waals surface area contributed by atoms with Crippen molar-refractivity contribution in [2.75, 3.05) is 0 Å². The summed E-state index contributed by atoms with van der Waals surface area (Å²) in [6.45, 7) is 4.39. The number of halogens is 2. The highest BCUT2D eigenvalue weighted by Crippen LogP contribution is 2.21. The standard InChI is InChI=1S/C10H13Br2N/c1-7(8(2)11)6-10-9(12)4-3-5-13-10/h3-5,7-8H,6H2,1-2H3. The minimum absolute atomic E-state index is 0.529. The van der Waals surface area contributed by atoms with E-state index in [-0.39, 0.29) is 0 Å². The van der Waals surface area contributed by atoms with Gasteiger partial charge < -0.3 is 0 Å². The lowest BCUT2D eigenvalue weighted by Gasteiger charge is -2.13. The summed E-state index contributed by atoms with van der Waals surface area (Å²) in [6, 6.07) is 3.98. The Morgan fingerprint density at radius 1 is 1.46 bits per heavy atom. The second-order valence-electron chi connectivity index (χ2n) is 3.29. The molecule has 0 aliphatic carbocycles. The smallest absolute Gasteiger partial charge is 0.0548 e. The van der Waals surface area contributed by atoms with E-state index < -0.39 is 0 Å². The van der Waals surface area contributed by atoms with Crippen molar-refractivity contribution >= 4 is 31.9 Å². The molecule has 0 aliphatic heterocycles. The van der Waals surface area contributed by atoms with Gasteiger partial charge in [-0.15, -0.1) is 0 Å².